The number of alkyl halides is 3. The summed E-state index contributed by atoms with van der Waals surface area (Å²) in [6.45, 7) is 3.99. The van der Waals surface area contributed by atoms with Gasteiger partial charge in [-0.1, -0.05) is 0 Å². The second-order valence-corrected chi connectivity index (χ2v) is 6.37. The Labute approximate surface area is 130 Å². The van der Waals surface area contributed by atoms with Gasteiger partial charge in [-0.05, 0) is 20.8 Å². The molecule has 0 aromatic rings. The number of carbonyl (C=O) groups is 3. The summed E-state index contributed by atoms with van der Waals surface area (Å²) in [5.41, 5.74) is -2.72. The van der Waals surface area contributed by atoms with E-state index in [9.17, 15) is 32.7 Å². The molecule has 0 bridgehead atoms. The zero-order valence-electron chi connectivity index (χ0n) is 13.0. The van der Waals surface area contributed by atoms with E-state index in [2.05, 4.69) is 5.32 Å². The fourth-order valence-corrected chi connectivity index (χ4v) is 2.13. The molecule has 2 N–H and O–H groups in total. The van der Waals surface area contributed by atoms with Crippen LogP contribution in [0.25, 0.3) is 0 Å². The second-order valence-electron chi connectivity index (χ2n) is 6.37. The first kappa shape index (κ1) is 19.0. The Morgan fingerprint density at radius 1 is 1.26 bits per heavy atom. The smallest absolute Gasteiger partial charge is 0.408 e. The van der Waals surface area contributed by atoms with Gasteiger partial charge < -0.3 is 20.1 Å². The number of alkyl carbamates (subject to hydrolysis) is 1. The minimum atomic E-state index is -4.68. The van der Waals surface area contributed by atoms with E-state index in [1.807, 2.05) is 0 Å². The highest BCUT2D eigenvalue weighted by Crippen LogP contribution is 2.27. The van der Waals surface area contributed by atoms with Crippen LogP contribution < -0.4 is 5.32 Å². The summed E-state index contributed by atoms with van der Waals surface area (Å²) in [6, 6.07) is 0. The average molecular weight is 340 g/mol. The average Bonchev–Trinajstić information content (AvgIpc) is 2.69. The molecule has 1 aliphatic rings. The maximum absolute atomic E-state index is 12.3. The van der Waals surface area contributed by atoms with Gasteiger partial charge in [-0.2, -0.15) is 13.2 Å². The molecule has 1 aliphatic heterocycles. The number of halogens is 3. The van der Waals surface area contributed by atoms with Crippen LogP contribution in [0.3, 0.4) is 0 Å². The van der Waals surface area contributed by atoms with E-state index in [-0.39, 0.29) is 13.0 Å². The molecule has 1 rings (SSSR count). The first-order valence-electron chi connectivity index (χ1n) is 6.83. The highest BCUT2D eigenvalue weighted by atomic mass is 19.4. The largest absolute Gasteiger partial charge is 0.479 e. The first-order chi connectivity index (χ1) is 10.2. The van der Waals surface area contributed by atoms with Crippen LogP contribution in [0.1, 0.15) is 33.6 Å². The number of hydrogen-bond acceptors (Lipinski definition) is 4. The number of hydrogen-bond donors (Lipinski definition) is 2. The summed E-state index contributed by atoms with van der Waals surface area (Å²) in [5, 5.41) is 11.5. The molecule has 10 heteroatoms. The molecule has 23 heavy (non-hydrogen) atoms. The third kappa shape index (κ3) is 5.61. The highest BCUT2D eigenvalue weighted by Gasteiger charge is 2.49. The molecule has 0 aromatic heterocycles. The number of carboxylic acid groups (broad SMARTS) is 1. The van der Waals surface area contributed by atoms with Gasteiger partial charge in [0.1, 0.15) is 12.0 Å². The van der Waals surface area contributed by atoms with Crippen molar-refractivity contribution in [1.29, 1.82) is 0 Å². The minimum absolute atomic E-state index is 0.197. The van der Waals surface area contributed by atoms with Crippen molar-refractivity contribution in [1.82, 2.24) is 10.2 Å². The fourth-order valence-electron chi connectivity index (χ4n) is 2.13. The van der Waals surface area contributed by atoms with Crippen LogP contribution in [0.15, 0.2) is 0 Å². The van der Waals surface area contributed by atoms with Gasteiger partial charge in [0, 0.05) is 13.0 Å². The normalized spacial score (nSPS) is 21.9. The molecule has 1 atom stereocenters. The summed E-state index contributed by atoms with van der Waals surface area (Å²) in [6.07, 6.45) is -7.56. The molecule has 1 fully saturated rings. The molecule has 0 aliphatic carbocycles. The lowest BCUT2D eigenvalue weighted by molar-refractivity contribution is -0.160. The summed E-state index contributed by atoms with van der Waals surface area (Å²) in [7, 11) is 0. The summed E-state index contributed by atoms with van der Waals surface area (Å²) in [5.74, 6) is -2.67. The number of amides is 2. The van der Waals surface area contributed by atoms with Gasteiger partial charge in [0.15, 0.2) is 5.54 Å². The number of nitrogens with one attached hydrogen (secondary N) is 1. The lowest BCUT2D eigenvalue weighted by Gasteiger charge is -2.28. The van der Waals surface area contributed by atoms with Gasteiger partial charge in [0.25, 0.3) is 0 Å². The maximum atomic E-state index is 12.3. The van der Waals surface area contributed by atoms with Crippen molar-refractivity contribution in [2.75, 3.05) is 13.1 Å². The van der Waals surface area contributed by atoms with Crippen LogP contribution in [0.5, 0.6) is 0 Å². The van der Waals surface area contributed by atoms with Crippen molar-refractivity contribution < 1.29 is 37.4 Å². The summed E-state index contributed by atoms with van der Waals surface area (Å²) < 4.78 is 41.7. The number of ether oxygens (including phenoxy) is 1. The predicted octanol–water partition coefficient (Wildman–Crippen LogP) is 1.52. The lowest BCUT2D eigenvalue weighted by Crippen LogP contribution is -2.57. The van der Waals surface area contributed by atoms with Gasteiger partial charge in [-0.3, -0.25) is 4.79 Å². The van der Waals surface area contributed by atoms with Crippen molar-refractivity contribution >= 4 is 18.0 Å². The van der Waals surface area contributed by atoms with Gasteiger partial charge in [-0.15, -0.1) is 0 Å². The molecule has 0 aromatic carbocycles. The molecule has 0 saturated carbocycles. The molecule has 132 valence electrons. The Hall–Kier alpha value is -2.00. The van der Waals surface area contributed by atoms with Crippen molar-refractivity contribution in [3.8, 4) is 0 Å². The molecule has 1 unspecified atom stereocenters. The zero-order valence-corrected chi connectivity index (χ0v) is 13.0. The molecular formula is C13H19F3N2O5. The maximum Gasteiger partial charge on any atom is 0.408 e. The molecule has 2 amide bonds. The SMILES string of the molecule is CC(C)(C)OC(=O)NC1(C(=O)O)CCN(C(=O)CC(F)(F)F)C1. The van der Waals surface area contributed by atoms with Crippen LogP contribution in [0, 0.1) is 0 Å². The van der Waals surface area contributed by atoms with E-state index in [4.69, 9.17) is 4.74 Å². The number of aliphatic carboxylic acids is 1. The molecule has 1 heterocycles. The molecule has 0 radical (unpaired) electrons. The van der Waals surface area contributed by atoms with E-state index >= 15 is 0 Å². The van der Waals surface area contributed by atoms with Crippen LogP contribution in [-0.4, -0.2) is 58.4 Å². The number of rotatable bonds is 3. The monoisotopic (exact) mass is 340 g/mol. The van der Waals surface area contributed by atoms with Gasteiger partial charge in [0.2, 0.25) is 5.91 Å². The Morgan fingerprint density at radius 3 is 2.26 bits per heavy atom. The number of carboxylic acids is 1. The van der Waals surface area contributed by atoms with Crippen molar-refractivity contribution in [2.45, 2.75) is 50.9 Å². The Morgan fingerprint density at radius 2 is 1.83 bits per heavy atom. The third-order valence-corrected chi connectivity index (χ3v) is 3.12. The van der Waals surface area contributed by atoms with Gasteiger partial charge in [0.05, 0.1) is 6.54 Å². The van der Waals surface area contributed by atoms with Gasteiger partial charge in [-0.25, -0.2) is 9.59 Å². The Kier molecular flexibility index (Phi) is 5.17. The van der Waals surface area contributed by atoms with E-state index in [1.54, 1.807) is 20.8 Å². The Balaban J connectivity index is 2.79. The Bertz CT molecular complexity index is 501. The van der Waals surface area contributed by atoms with Crippen molar-refractivity contribution in [3.63, 3.8) is 0 Å². The van der Waals surface area contributed by atoms with Crippen LogP contribution in [-0.2, 0) is 14.3 Å². The van der Waals surface area contributed by atoms with E-state index in [0.717, 1.165) is 4.90 Å². The van der Waals surface area contributed by atoms with Crippen molar-refractivity contribution in [3.05, 3.63) is 0 Å². The first-order valence-corrected chi connectivity index (χ1v) is 6.83. The van der Waals surface area contributed by atoms with E-state index in [0.29, 0.717) is 0 Å². The van der Waals surface area contributed by atoms with Crippen LogP contribution >= 0.6 is 0 Å². The lowest BCUT2D eigenvalue weighted by atomic mass is 9.99. The number of likely N-dealkylation sites (tertiary alicyclic amines) is 1. The zero-order chi connectivity index (χ0) is 18.1. The minimum Gasteiger partial charge on any atom is -0.479 e. The summed E-state index contributed by atoms with van der Waals surface area (Å²) >= 11 is 0. The summed E-state index contributed by atoms with van der Waals surface area (Å²) in [4.78, 5) is 35.5. The van der Waals surface area contributed by atoms with Crippen LogP contribution in [0.4, 0.5) is 18.0 Å². The molecule has 0 spiro atoms. The fraction of sp³-hybridized carbons (Fsp3) is 0.769. The van der Waals surface area contributed by atoms with E-state index < -0.39 is 48.3 Å². The molecule has 1 saturated heterocycles. The van der Waals surface area contributed by atoms with E-state index in [1.165, 1.54) is 0 Å². The number of nitrogens with zero attached hydrogens (tertiary/aromatic N) is 1. The highest BCUT2D eigenvalue weighted by molar-refractivity contribution is 5.87. The quantitative estimate of drug-likeness (QED) is 0.812. The number of carbonyl (C=O) groups excluding carboxylic acids is 2. The van der Waals surface area contributed by atoms with Crippen LogP contribution in [0.2, 0.25) is 0 Å². The standard InChI is InChI=1S/C13H19F3N2O5/c1-11(2,3)23-10(22)17-12(9(20)21)4-5-18(7-12)8(19)6-13(14,15)16/h4-7H2,1-3H3,(H,17,22)(H,20,21). The predicted molar refractivity (Wildman–Crippen MR) is 71.6 cm³/mol. The molecular weight excluding hydrogens is 321 g/mol. The molecule has 7 nitrogen and oxygen atoms in total. The second kappa shape index (κ2) is 6.25. The van der Waals surface area contributed by atoms with Crippen molar-refractivity contribution in [2.24, 2.45) is 0 Å². The third-order valence-electron chi connectivity index (χ3n) is 3.12. The van der Waals surface area contributed by atoms with Gasteiger partial charge >= 0.3 is 18.2 Å². The topological polar surface area (TPSA) is 95.9 Å².